The number of ether oxygens (including phenoxy) is 1. The van der Waals surface area contributed by atoms with Crippen LogP contribution in [0.3, 0.4) is 0 Å². The van der Waals surface area contributed by atoms with Crippen LogP contribution in [0.4, 0.5) is 0 Å². The second kappa shape index (κ2) is 5.35. The van der Waals surface area contributed by atoms with Gasteiger partial charge in [0, 0.05) is 4.47 Å². The van der Waals surface area contributed by atoms with Gasteiger partial charge in [-0.25, -0.2) is 0 Å². The fraction of sp³-hybridized carbons (Fsp3) is 0.500. The van der Waals surface area contributed by atoms with Crippen LogP contribution in [0.1, 0.15) is 32.1 Å². The molecule has 0 saturated heterocycles. The van der Waals surface area contributed by atoms with Crippen LogP contribution in [0.2, 0.25) is 0 Å². The lowest BCUT2D eigenvalue weighted by atomic mass is 9.98. The van der Waals surface area contributed by atoms with Crippen molar-refractivity contribution >= 4 is 31.9 Å². The van der Waals surface area contributed by atoms with Crippen LogP contribution in [0.5, 0.6) is 5.75 Å². The summed E-state index contributed by atoms with van der Waals surface area (Å²) in [7, 11) is 0. The van der Waals surface area contributed by atoms with Gasteiger partial charge in [0.05, 0.1) is 10.6 Å². The molecule has 0 aliphatic heterocycles. The molecule has 0 spiro atoms. The quantitative estimate of drug-likeness (QED) is 0.746. The average Bonchev–Trinajstić information content (AvgIpc) is 2.26. The number of rotatable bonds is 2. The molecule has 0 atom stereocenters. The summed E-state index contributed by atoms with van der Waals surface area (Å²) in [5, 5.41) is 0. The molecular formula is C12H14Br2O. The van der Waals surface area contributed by atoms with Crippen molar-refractivity contribution in [1.29, 1.82) is 0 Å². The standard InChI is InChI=1S/C12H14Br2O/c13-10-7-4-8-11(12(10)14)15-9-5-2-1-3-6-9/h4,7-9H,1-3,5-6H2. The van der Waals surface area contributed by atoms with Gasteiger partial charge in [0.2, 0.25) is 0 Å². The molecule has 0 heterocycles. The predicted molar refractivity (Wildman–Crippen MR) is 69.3 cm³/mol. The van der Waals surface area contributed by atoms with E-state index in [1.165, 1.54) is 32.1 Å². The molecule has 0 bridgehead atoms. The molecule has 0 radical (unpaired) electrons. The van der Waals surface area contributed by atoms with E-state index in [1.807, 2.05) is 18.2 Å². The highest BCUT2D eigenvalue weighted by molar-refractivity contribution is 9.13. The van der Waals surface area contributed by atoms with Crippen LogP contribution in [-0.2, 0) is 0 Å². The van der Waals surface area contributed by atoms with Gasteiger partial charge in [-0.15, -0.1) is 0 Å². The van der Waals surface area contributed by atoms with E-state index < -0.39 is 0 Å². The number of benzene rings is 1. The fourth-order valence-corrected chi connectivity index (χ4v) is 2.64. The van der Waals surface area contributed by atoms with Gasteiger partial charge in [-0.05, 0) is 69.7 Å². The first-order valence-corrected chi connectivity index (χ1v) is 6.96. The third-order valence-electron chi connectivity index (χ3n) is 2.76. The van der Waals surface area contributed by atoms with Crippen molar-refractivity contribution in [1.82, 2.24) is 0 Å². The highest BCUT2D eigenvalue weighted by Gasteiger charge is 2.16. The van der Waals surface area contributed by atoms with E-state index in [2.05, 4.69) is 31.9 Å². The number of hydrogen-bond acceptors (Lipinski definition) is 1. The van der Waals surface area contributed by atoms with Gasteiger partial charge in [-0.2, -0.15) is 0 Å². The summed E-state index contributed by atoms with van der Waals surface area (Å²) >= 11 is 7.02. The van der Waals surface area contributed by atoms with E-state index in [0.29, 0.717) is 6.10 Å². The smallest absolute Gasteiger partial charge is 0.135 e. The van der Waals surface area contributed by atoms with Crippen LogP contribution in [-0.4, -0.2) is 6.10 Å². The molecule has 1 nitrogen and oxygen atoms in total. The summed E-state index contributed by atoms with van der Waals surface area (Å²) in [5.74, 6) is 0.955. The largest absolute Gasteiger partial charge is 0.489 e. The highest BCUT2D eigenvalue weighted by Crippen LogP contribution is 2.34. The SMILES string of the molecule is Brc1cccc(OC2CCCCC2)c1Br. The number of halogens is 2. The molecule has 0 aromatic heterocycles. The Labute approximate surface area is 107 Å². The van der Waals surface area contributed by atoms with E-state index in [0.717, 1.165) is 14.7 Å². The predicted octanol–water partition coefficient (Wildman–Crippen LogP) is 4.92. The van der Waals surface area contributed by atoms with Crippen molar-refractivity contribution in [3.05, 3.63) is 27.1 Å². The van der Waals surface area contributed by atoms with Gasteiger partial charge in [0.1, 0.15) is 5.75 Å². The normalized spacial score (nSPS) is 17.7. The molecule has 82 valence electrons. The van der Waals surface area contributed by atoms with Crippen LogP contribution >= 0.6 is 31.9 Å². The minimum atomic E-state index is 0.407. The van der Waals surface area contributed by atoms with Gasteiger partial charge in [-0.3, -0.25) is 0 Å². The van der Waals surface area contributed by atoms with Crippen molar-refractivity contribution in [2.24, 2.45) is 0 Å². The van der Waals surface area contributed by atoms with Crippen molar-refractivity contribution in [2.75, 3.05) is 0 Å². The van der Waals surface area contributed by atoms with Crippen LogP contribution in [0.25, 0.3) is 0 Å². The summed E-state index contributed by atoms with van der Waals surface area (Å²) in [6.45, 7) is 0. The molecule has 2 rings (SSSR count). The molecule has 0 amide bonds. The van der Waals surface area contributed by atoms with Gasteiger partial charge in [0.25, 0.3) is 0 Å². The van der Waals surface area contributed by atoms with Crippen LogP contribution in [0, 0.1) is 0 Å². The summed E-state index contributed by atoms with van der Waals surface area (Å²) in [4.78, 5) is 0. The Balaban J connectivity index is 2.06. The lowest BCUT2D eigenvalue weighted by Crippen LogP contribution is -2.19. The third kappa shape index (κ3) is 2.97. The monoisotopic (exact) mass is 332 g/mol. The molecule has 1 aromatic carbocycles. The maximum absolute atomic E-state index is 5.99. The summed E-state index contributed by atoms with van der Waals surface area (Å²) in [6, 6.07) is 6.04. The lowest BCUT2D eigenvalue weighted by Gasteiger charge is -2.23. The summed E-state index contributed by atoms with van der Waals surface area (Å²) < 4.78 is 8.07. The van der Waals surface area contributed by atoms with Crippen LogP contribution < -0.4 is 4.74 Å². The van der Waals surface area contributed by atoms with Crippen LogP contribution in [0.15, 0.2) is 27.1 Å². The van der Waals surface area contributed by atoms with Crippen molar-refractivity contribution < 1.29 is 4.74 Å². The number of hydrogen-bond donors (Lipinski definition) is 0. The molecule has 15 heavy (non-hydrogen) atoms. The Kier molecular flexibility index (Phi) is 4.09. The topological polar surface area (TPSA) is 9.23 Å². The molecular weight excluding hydrogens is 320 g/mol. The minimum Gasteiger partial charge on any atom is -0.489 e. The van der Waals surface area contributed by atoms with Crippen molar-refractivity contribution in [2.45, 2.75) is 38.2 Å². The van der Waals surface area contributed by atoms with E-state index in [4.69, 9.17) is 4.74 Å². The zero-order valence-electron chi connectivity index (χ0n) is 8.51. The maximum Gasteiger partial charge on any atom is 0.135 e. The Hall–Kier alpha value is -0.0200. The van der Waals surface area contributed by atoms with E-state index in [1.54, 1.807) is 0 Å². The van der Waals surface area contributed by atoms with E-state index >= 15 is 0 Å². The lowest BCUT2D eigenvalue weighted by molar-refractivity contribution is 0.154. The highest BCUT2D eigenvalue weighted by atomic mass is 79.9. The van der Waals surface area contributed by atoms with E-state index in [9.17, 15) is 0 Å². The van der Waals surface area contributed by atoms with Gasteiger partial charge in [-0.1, -0.05) is 12.5 Å². The molecule has 1 aliphatic carbocycles. The molecule has 3 heteroatoms. The minimum absolute atomic E-state index is 0.407. The summed E-state index contributed by atoms with van der Waals surface area (Å²) in [5.41, 5.74) is 0. The Morgan fingerprint density at radius 2 is 1.80 bits per heavy atom. The molecule has 0 N–H and O–H groups in total. The third-order valence-corrected chi connectivity index (χ3v) is 4.77. The zero-order chi connectivity index (χ0) is 10.7. The Bertz CT molecular complexity index is 332. The average molecular weight is 334 g/mol. The fourth-order valence-electron chi connectivity index (χ4n) is 1.94. The van der Waals surface area contributed by atoms with Gasteiger partial charge in [0.15, 0.2) is 0 Å². The first-order chi connectivity index (χ1) is 7.27. The van der Waals surface area contributed by atoms with Gasteiger partial charge >= 0.3 is 0 Å². The zero-order valence-corrected chi connectivity index (χ0v) is 11.7. The first kappa shape index (κ1) is 11.5. The molecule has 1 aliphatic rings. The molecule has 1 saturated carbocycles. The molecule has 0 unspecified atom stereocenters. The second-order valence-electron chi connectivity index (χ2n) is 3.93. The van der Waals surface area contributed by atoms with E-state index in [-0.39, 0.29) is 0 Å². The van der Waals surface area contributed by atoms with Crippen molar-refractivity contribution in [3.63, 3.8) is 0 Å². The summed E-state index contributed by atoms with van der Waals surface area (Å²) in [6.07, 6.45) is 6.76. The molecule has 1 aromatic rings. The first-order valence-electron chi connectivity index (χ1n) is 5.38. The Morgan fingerprint density at radius 3 is 2.53 bits per heavy atom. The van der Waals surface area contributed by atoms with Crippen molar-refractivity contribution in [3.8, 4) is 5.75 Å². The molecule has 1 fully saturated rings. The second-order valence-corrected chi connectivity index (χ2v) is 5.58. The van der Waals surface area contributed by atoms with Gasteiger partial charge < -0.3 is 4.74 Å². The maximum atomic E-state index is 5.99. The Morgan fingerprint density at radius 1 is 1.07 bits per heavy atom.